The Bertz CT molecular complexity index is 1230. The maximum absolute atomic E-state index is 6.25. The normalized spacial score (nSPS) is 20.6. The fourth-order valence-corrected chi connectivity index (χ4v) is 7.39. The second-order valence-corrected chi connectivity index (χ2v) is 10.3. The van der Waals surface area contributed by atoms with Crippen molar-refractivity contribution in [1.29, 1.82) is 0 Å². The van der Waals surface area contributed by atoms with Crippen molar-refractivity contribution in [3.05, 3.63) is 107 Å². The predicted octanol–water partition coefficient (Wildman–Crippen LogP) is 6.91. The quantitative estimate of drug-likeness (QED) is 0.356. The van der Waals surface area contributed by atoms with Gasteiger partial charge in [-0.1, -0.05) is 107 Å². The minimum Gasteiger partial charge on any atom is -0.0984 e. The van der Waals surface area contributed by atoms with Gasteiger partial charge in [0.25, 0.3) is 0 Å². The molecule has 0 saturated heterocycles. The predicted molar refractivity (Wildman–Crippen MR) is 126 cm³/mol. The zero-order valence-electron chi connectivity index (χ0n) is 15.2. The minimum absolute atomic E-state index is 0.261. The van der Waals surface area contributed by atoms with Crippen LogP contribution >= 0.6 is 0 Å². The van der Waals surface area contributed by atoms with Crippen molar-refractivity contribution in [2.75, 3.05) is 0 Å². The summed E-state index contributed by atoms with van der Waals surface area (Å²) in [7, 11) is -0.261. The first-order valence-electron chi connectivity index (χ1n) is 9.60. The van der Waals surface area contributed by atoms with Crippen molar-refractivity contribution in [1.82, 2.24) is 0 Å². The number of hydrogen-bond donors (Lipinski definition) is 0. The molecule has 0 bridgehead atoms. The molecule has 0 spiro atoms. The van der Waals surface area contributed by atoms with Crippen LogP contribution in [0.2, 0.25) is 0 Å². The monoisotopic (exact) mass is 394 g/mol. The summed E-state index contributed by atoms with van der Waals surface area (Å²) >= 11 is 6.25. The van der Waals surface area contributed by atoms with E-state index >= 15 is 0 Å². The molecule has 0 N–H and O–H groups in total. The number of hydrogen-bond acceptors (Lipinski definition) is 1. The van der Waals surface area contributed by atoms with Crippen LogP contribution in [-0.4, -0.2) is 0 Å². The Balaban J connectivity index is 1.51. The third-order valence-electron chi connectivity index (χ3n) is 5.95. The first-order chi connectivity index (χ1) is 13.8. The Morgan fingerprint density at radius 3 is 1.46 bits per heavy atom. The van der Waals surface area contributed by atoms with Crippen molar-refractivity contribution >= 4 is 54.3 Å². The molecule has 4 aromatic rings. The molecule has 2 unspecified atom stereocenters. The lowest BCUT2D eigenvalue weighted by Crippen LogP contribution is -2.14. The molecule has 2 atom stereocenters. The summed E-state index contributed by atoms with van der Waals surface area (Å²) in [4.78, 5) is 0. The molecule has 134 valence electrons. The van der Waals surface area contributed by atoms with Crippen LogP contribution in [0.15, 0.2) is 84.9 Å². The second kappa shape index (κ2) is 6.23. The van der Waals surface area contributed by atoms with E-state index in [1.165, 1.54) is 43.8 Å². The van der Waals surface area contributed by atoms with Gasteiger partial charge in [-0.15, -0.1) is 0 Å². The lowest BCUT2D eigenvalue weighted by molar-refractivity contribution is 1.17. The summed E-state index contributed by atoms with van der Waals surface area (Å²) < 4.78 is 0. The van der Waals surface area contributed by atoms with E-state index in [4.69, 9.17) is 11.2 Å². The summed E-state index contributed by atoms with van der Waals surface area (Å²) in [5.74, 6) is 0. The first-order valence-corrected chi connectivity index (χ1v) is 11.9. The summed E-state index contributed by atoms with van der Waals surface area (Å²) in [5.41, 5.74) is 5.38. The second-order valence-electron chi connectivity index (χ2n) is 7.47. The molecule has 28 heavy (non-hydrogen) atoms. The number of benzene rings is 4. The van der Waals surface area contributed by atoms with Crippen LogP contribution in [0.5, 0.6) is 0 Å². The van der Waals surface area contributed by atoms with E-state index in [2.05, 4.69) is 97.1 Å². The molecule has 2 aliphatic carbocycles. The van der Waals surface area contributed by atoms with E-state index in [9.17, 15) is 0 Å². The standard InChI is InChI=1S/C26H18S2/c27-28(23-15-13-19-7-1-5-17-9-3-11-21(23)25(17)19)24-16-14-20-8-2-6-18-10-4-12-22(24)26(18)20/h1-16,23-24H. The molecule has 6 rings (SSSR count). The SMILES string of the molecule is S=S(C1C=Cc2cccc3cccc1c23)C1C=Cc2cccc3cccc1c23. The zero-order chi connectivity index (χ0) is 18.7. The summed E-state index contributed by atoms with van der Waals surface area (Å²) in [5, 5.41) is 5.90. The molecule has 0 heterocycles. The first kappa shape index (κ1) is 16.4. The smallest absolute Gasteiger partial charge is 0.0542 e. The van der Waals surface area contributed by atoms with Crippen LogP contribution in [-0.2, 0) is 20.6 Å². The highest BCUT2D eigenvalue weighted by Crippen LogP contribution is 2.44. The van der Waals surface area contributed by atoms with Crippen LogP contribution in [0.4, 0.5) is 0 Å². The van der Waals surface area contributed by atoms with Gasteiger partial charge in [0.1, 0.15) is 0 Å². The number of rotatable bonds is 2. The van der Waals surface area contributed by atoms with Gasteiger partial charge in [-0.25, -0.2) is 0 Å². The average Bonchev–Trinajstić information content (AvgIpc) is 2.75. The third-order valence-corrected chi connectivity index (χ3v) is 9.02. The Hall–Kier alpha value is -2.55. The molecule has 0 aromatic heterocycles. The molecular weight excluding hydrogens is 376 g/mol. The van der Waals surface area contributed by atoms with Gasteiger partial charge in [0.05, 0.1) is 10.5 Å². The van der Waals surface area contributed by atoms with Gasteiger partial charge in [0.15, 0.2) is 0 Å². The summed E-state index contributed by atoms with van der Waals surface area (Å²) in [6.45, 7) is 0. The largest absolute Gasteiger partial charge is 0.0984 e. The van der Waals surface area contributed by atoms with E-state index in [0.29, 0.717) is 0 Å². The molecule has 0 amide bonds. The van der Waals surface area contributed by atoms with Crippen molar-refractivity contribution in [2.45, 2.75) is 10.5 Å². The van der Waals surface area contributed by atoms with E-state index in [1.807, 2.05) is 0 Å². The van der Waals surface area contributed by atoms with Crippen molar-refractivity contribution < 1.29 is 0 Å². The van der Waals surface area contributed by atoms with E-state index in [1.54, 1.807) is 0 Å². The van der Waals surface area contributed by atoms with Gasteiger partial charge in [0, 0.05) is 0 Å². The summed E-state index contributed by atoms with van der Waals surface area (Å²) in [6, 6.07) is 26.4. The Morgan fingerprint density at radius 2 is 1.00 bits per heavy atom. The van der Waals surface area contributed by atoms with Gasteiger partial charge in [-0.05, 0) is 55.0 Å². The molecular formula is C26H18S2. The van der Waals surface area contributed by atoms with Crippen LogP contribution in [0.3, 0.4) is 0 Å². The molecule has 4 aromatic carbocycles. The minimum atomic E-state index is -0.261. The Labute approximate surface area is 171 Å². The van der Waals surface area contributed by atoms with Crippen molar-refractivity contribution in [2.24, 2.45) is 0 Å². The fourth-order valence-electron chi connectivity index (χ4n) is 4.70. The molecule has 0 fully saturated rings. The highest BCUT2D eigenvalue weighted by Gasteiger charge is 2.27. The van der Waals surface area contributed by atoms with Crippen molar-refractivity contribution in [3.63, 3.8) is 0 Å². The van der Waals surface area contributed by atoms with Crippen LogP contribution in [0.1, 0.15) is 32.8 Å². The van der Waals surface area contributed by atoms with Crippen LogP contribution < -0.4 is 0 Å². The van der Waals surface area contributed by atoms with Crippen LogP contribution in [0, 0.1) is 0 Å². The van der Waals surface area contributed by atoms with Crippen LogP contribution in [0.25, 0.3) is 33.7 Å². The summed E-state index contributed by atoms with van der Waals surface area (Å²) in [6.07, 6.45) is 9.21. The Morgan fingerprint density at radius 1 is 0.571 bits per heavy atom. The topological polar surface area (TPSA) is 0 Å². The van der Waals surface area contributed by atoms with Crippen molar-refractivity contribution in [3.8, 4) is 0 Å². The molecule has 2 aliphatic rings. The fraction of sp³-hybridized carbons (Fsp3) is 0.0769. The molecule has 2 heteroatoms. The maximum Gasteiger partial charge on any atom is 0.0542 e. The van der Waals surface area contributed by atoms with E-state index < -0.39 is 0 Å². The van der Waals surface area contributed by atoms with Gasteiger partial charge >= 0.3 is 0 Å². The highest BCUT2D eigenvalue weighted by atomic mass is 32.8. The lowest BCUT2D eigenvalue weighted by atomic mass is 9.92. The van der Waals surface area contributed by atoms with Gasteiger partial charge in [-0.2, -0.15) is 0 Å². The molecule has 0 radical (unpaired) electrons. The molecule has 0 nitrogen and oxygen atoms in total. The van der Waals surface area contributed by atoms with Gasteiger partial charge in [-0.3, -0.25) is 0 Å². The van der Waals surface area contributed by atoms with Gasteiger partial charge in [0.2, 0.25) is 0 Å². The van der Waals surface area contributed by atoms with Gasteiger partial charge < -0.3 is 0 Å². The average molecular weight is 395 g/mol. The highest BCUT2D eigenvalue weighted by molar-refractivity contribution is 8.29. The molecule has 0 aliphatic heterocycles. The Kier molecular flexibility index (Phi) is 3.65. The van der Waals surface area contributed by atoms with E-state index in [0.717, 1.165) is 0 Å². The zero-order valence-corrected chi connectivity index (χ0v) is 16.8. The molecule has 0 saturated carbocycles. The third kappa shape index (κ3) is 2.32. The lowest BCUT2D eigenvalue weighted by Gasteiger charge is -2.29. The van der Waals surface area contributed by atoms with E-state index in [-0.39, 0.29) is 20.0 Å². The maximum atomic E-state index is 6.25.